The van der Waals surface area contributed by atoms with Crippen molar-refractivity contribution < 1.29 is 5.11 Å². The standard InChI is InChI=1S/C12H14N2O/c15-11-7-13-6-5-9-8-3-1-2-4-10(8)14-12(9)11/h1-4,11,13-15H,5-7H2. The lowest BCUT2D eigenvalue weighted by Crippen LogP contribution is -2.20. The third-order valence-electron chi connectivity index (χ3n) is 3.07. The highest BCUT2D eigenvalue weighted by Crippen LogP contribution is 2.28. The van der Waals surface area contributed by atoms with Crippen LogP contribution in [0, 0.1) is 0 Å². The number of aromatic amines is 1. The zero-order valence-electron chi connectivity index (χ0n) is 8.46. The molecule has 2 heterocycles. The number of aliphatic hydroxyl groups excluding tert-OH is 1. The van der Waals surface area contributed by atoms with Gasteiger partial charge in [-0.1, -0.05) is 18.2 Å². The Morgan fingerprint density at radius 2 is 2.13 bits per heavy atom. The van der Waals surface area contributed by atoms with Crippen LogP contribution in [-0.2, 0) is 6.42 Å². The molecule has 2 aromatic rings. The van der Waals surface area contributed by atoms with Crippen molar-refractivity contribution in [3.05, 3.63) is 35.5 Å². The summed E-state index contributed by atoms with van der Waals surface area (Å²) in [5, 5.41) is 14.4. The van der Waals surface area contributed by atoms with Gasteiger partial charge in [0.2, 0.25) is 0 Å². The number of β-amino-alcohol motifs (C(OH)–C–C–N with tert-alkyl or cyclic N) is 1. The number of nitrogens with one attached hydrogen (secondary N) is 2. The number of benzene rings is 1. The van der Waals surface area contributed by atoms with Crippen molar-refractivity contribution in [2.24, 2.45) is 0 Å². The van der Waals surface area contributed by atoms with Crippen molar-refractivity contribution in [2.45, 2.75) is 12.5 Å². The van der Waals surface area contributed by atoms with Crippen molar-refractivity contribution in [1.29, 1.82) is 0 Å². The smallest absolute Gasteiger partial charge is 0.106 e. The first-order valence-electron chi connectivity index (χ1n) is 5.34. The molecule has 0 saturated heterocycles. The Morgan fingerprint density at radius 3 is 3.07 bits per heavy atom. The Hall–Kier alpha value is -1.32. The highest BCUT2D eigenvalue weighted by atomic mass is 16.3. The zero-order chi connectivity index (χ0) is 10.3. The number of fused-ring (bicyclic) bond motifs is 3. The van der Waals surface area contributed by atoms with Crippen LogP contribution in [0.15, 0.2) is 24.3 Å². The highest BCUT2D eigenvalue weighted by Gasteiger charge is 2.19. The van der Waals surface area contributed by atoms with Crippen LogP contribution in [0.25, 0.3) is 10.9 Å². The molecule has 1 aliphatic heterocycles. The molecule has 0 saturated carbocycles. The Labute approximate surface area is 88.1 Å². The minimum absolute atomic E-state index is 0.408. The first-order chi connectivity index (χ1) is 7.36. The summed E-state index contributed by atoms with van der Waals surface area (Å²) in [7, 11) is 0. The lowest BCUT2D eigenvalue weighted by molar-refractivity contribution is 0.174. The molecule has 0 aliphatic carbocycles. The second-order valence-corrected chi connectivity index (χ2v) is 4.03. The molecule has 3 nitrogen and oxygen atoms in total. The van der Waals surface area contributed by atoms with E-state index in [1.54, 1.807) is 0 Å². The van der Waals surface area contributed by atoms with Crippen molar-refractivity contribution in [3.8, 4) is 0 Å². The summed E-state index contributed by atoms with van der Waals surface area (Å²) in [4.78, 5) is 3.32. The van der Waals surface area contributed by atoms with Crippen LogP contribution in [0.3, 0.4) is 0 Å². The number of aromatic nitrogens is 1. The third-order valence-corrected chi connectivity index (χ3v) is 3.07. The van der Waals surface area contributed by atoms with Gasteiger partial charge in [0.05, 0.1) is 0 Å². The van der Waals surface area contributed by atoms with Gasteiger partial charge in [-0.3, -0.25) is 0 Å². The van der Waals surface area contributed by atoms with Gasteiger partial charge in [-0.25, -0.2) is 0 Å². The molecule has 15 heavy (non-hydrogen) atoms. The predicted octanol–water partition coefficient (Wildman–Crippen LogP) is 1.35. The van der Waals surface area contributed by atoms with E-state index in [0.717, 1.165) is 24.2 Å². The molecule has 0 spiro atoms. The van der Waals surface area contributed by atoms with Gasteiger partial charge in [-0.05, 0) is 24.6 Å². The van der Waals surface area contributed by atoms with E-state index in [2.05, 4.69) is 22.4 Å². The predicted molar refractivity (Wildman–Crippen MR) is 59.8 cm³/mol. The van der Waals surface area contributed by atoms with Crippen LogP contribution >= 0.6 is 0 Å². The molecular weight excluding hydrogens is 188 g/mol. The maximum atomic E-state index is 9.95. The summed E-state index contributed by atoms with van der Waals surface area (Å²) >= 11 is 0. The van der Waals surface area contributed by atoms with Crippen molar-refractivity contribution >= 4 is 10.9 Å². The number of hydrogen-bond acceptors (Lipinski definition) is 2. The summed E-state index contributed by atoms with van der Waals surface area (Å²) in [6, 6.07) is 8.23. The monoisotopic (exact) mass is 202 g/mol. The molecule has 1 aromatic carbocycles. The topological polar surface area (TPSA) is 48.0 Å². The molecule has 1 unspecified atom stereocenters. The van der Waals surface area contributed by atoms with E-state index in [9.17, 15) is 5.11 Å². The van der Waals surface area contributed by atoms with Gasteiger partial charge in [0, 0.05) is 23.1 Å². The number of rotatable bonds is 0. The normalized spacial score (nSPS) is 21.3. The highest BCUT2D eigenvalue weighted by molar-refractivity contribution is 5.84. The fraction of sp³-hybridized carbons (Fsp3) is 0.333. The Morgan fingerprint density at radius 1 is 1.27 bits per heavy atom. The van der Waals surface area contributed by atoms with Crippen LogP contribution in [0.1, 0.15) is 17.4 Å². The first-order valence-corrected chi connectivity index (χ1v) is 5.34. The number of aliphatic hydroxyl groups is 1. The van der Waals surface area contributed by atoms with E-state index in [-0.39, 0.29) is 0 Å². The van der Waals surface area contributed by atoms with Gasteiger partial charge in [0.1, 0.15) is 6.10 Å². The quantitative estimate of drug-likeness (QED) is 0.604. The molecule has 1 aliphatic rings. The van der Waals surface area contributed by atoms with Gasteiger partial charge in [-0.15, -0.1) is 0 Å². The molecule has 3 heteroatoms. The zero-order valence-corrected chi connectivity index (χ0v) is 8.46. The van der Waals surface area contributed by atoms with E-state index < -0.39 is 6.10 Å². The van der Waals surface area contributed by atoms with Gasteiger partial charge < -0.3 is 15.4 Å². The van der Waals surface area contributed by atoms with Gasteiger partial charge in [0.15, 0.2) is 0 Å². The Kier molecular flexibility index (Phi) is 2.01. The van der Waals surface area contributed by atoms with E-state index in [0.29, 0.717) is 6.54 Å². The van der Waals surface area contributed by atoms with Crippen LogP contribution in [-0.4, -0.2) is 23.2 Å². The molecule has 0 amide bonds. The van der Waals surface area contributed by atoms with Gasteiger partial charge in [0.25, 0.3) is 0 Å². The summed E-state index contributed by atoms with van der Waals surface area (Å²) in [5.41, 5.74) is 3.38. The third kappa shape index (κ3) is 1.35. The van der Waals surface area contributed by atoms with E-state index >= 15 is 0 Å². The lowest BCUT2D eigenvalue weighted by Gasteiger charge is -2.06. The van der Waals surface area contributed by atoms with Gasteiger partial charge >= 0.3 is 0 Å². The molecule has 3 rings (SSSR count). The van der Waals surface area contributed by atoms with Crippen molar-refractivity contribution in [1.82, 2.24) is 10.3 Å². The summed E-state index contributed by atoms with van der Waals surface area (Å²) in [5.74, 6) is 0. The molecule has 1 atom stereocenters. The average molecular weight is 202 g/mol. The Balaban J connectivity index is 2.26. The second-order valence-electron chi connectivity index (χ2n) is 4.03. The second kappa shape index (κ2) is 3.36. The van der Waals surface area contributed by atoms with E-state index in [1.807, 2.05) is 12.1 Å². The van der Waals surface area contributed by atoms with Crippen molar-refractivity contribution in [2.75, 3.05) is 13.1 Å². The van der Waals surface area contributed by atoms with Crippen LogP contribution in [0.4, 0.5) is 0 Å². The molecule has 1 aromatic heterocycles. The molecule has 78 valence electrons. The first kappa shape index (κ1) is 8.95. The van der Waals surface area contributed by atoms with Crippen LogP contribution < -0.4 is 5.32 Å². The SMILES string of the molecule is OC1CNCCc2c1[nH]c1ccccc21. The minimum Gasteiger partial charge on any atom is -0.386 e. The van der Waals surface area contributed by atoms with Crippen LogP contribution in [0.5, 0.6) is 0 Å². The number of hydrogen-bond donors (Lipinski definition) is 3. The van der Waals surface area contributed by atoms with Crippen LogP contribution in [0.2, 0.25) is 0 Å². The van der Waals surface area contributed by atoms with E-state index in [4.69, 9.17) is 0 Å². The maximum Gasteiger partial charge on any atom is 0.106 e. The summed E-state index contributed by atoms with van der Waals surface area (Å²) < 4.78 is 0. The number of para-hydroxylation sites is 1. The largest absolute Gasteiger partial charge is 0.386 e. The fourth-order valence-electron chi connectivity index (χ4n) is 2.33. The fourth-order valence-corrected chi connectivity index (χ4v) is 2.33. The molecule has 0 bridgehead atoms. The molecule has 0 radical (unpaired) electrons. The van der Waals surface area contributed by atoms with E-state index in [1.165, 1.54) is 10.9 Å². The molecular formula is C12H14N2O. The number of H-pyrrole nitrogens is 1. The Bertz CT molecular complexity index is 489. The summed E-state index contributed by atoms with van der Waals surface area (Å²) in [6.45, 7) is 1.58. The molecule has 3 N–H and O–H groups in total. The lowest BCUT2D eigenvalue weighted by atomic mass is 10.1. The van der Waals surface area contributed by atoms with Gasteiger partial charge in [-0.2, -0.15) is 0 Å². The minimum atomic E-state index is -0.408. The molecule has 0 fully saturated rings. The summed E-state index contributed by atoms with van der Waals surface area (Å²) in [6.07, 6.45) is 0.575. The maximum absolute atomic E-state index is 9.95. The van der Waals surface area contributed by atoms with Crippen molar-refractivity contribution in [3.63, 3.8) is 0 Å². The average Bonchev–Trinajstić information content (AvgIpc) is 2.54.